The summed E-state index contributed by atoms with van der Waals surface area (Å²) in [6.45, 7) is 4.85. The van der Waals surface area contributed by atoms with Crippen molar-refractivity contribution in [3.05, 3.63) is 118 Å². The highest BCUT2D eigenvalue weighted by atomic mass is 32.1. The minimum Gasteiger partial charge on any atom is -0.398 e. The highest BCUT2D eigenvalue weighted by molar-refractivity contribution is 7.17. The standard InChI is InChI=1S/C31H29N3S/c1-21-24(25-16-15-23(20-30(25)35-21)22-10-5-4-6-11-22)17-18-29-27-13-9-12-26(31(27)34-29)28(33)14-7-2-3-8-19-32/h2-5,7-10,12-18,20,34H,1,6,11,19,32-33H2/b7-2-,8-3-,24-17+,28-14-,29-18-. The lowest BCUT2D eigenvalue weighted by Gasteiger charge is -2.28. The van der Waals surface area contributed by atoms with Crippen LogP contribution in [0.25, 0.3) is 39.7 Å². The molecule has 1 aliphatic carbocycles. The van der Waals surface area contributed by atoms with E-state index in [0.717, 1.165) is 40.0 Å². The van der Waals surface area contributed by atoms with Gasteiger partial charge in [-0.15, -0.1) is 11.3 Å². The van der Waals surface area contributed by atoms with Gasteiger partial charge in [0, 0.05) is 43.7 Å². The van der Waals surface area contributed by atoms with Gasteiger partial charge >= 0.3 is 0 Å². The van der Waals surface area contributed by atoms with Gasteiger partial charge in [-0.25, -0.2) is 0 Å². The van der Waals surface area contributed by atoms with E-state index in [4.69, 9.17) is 11.5 Å². The van der Waals surface area contributed by atoms with Gasteiger partial charge in [-0.2, -0.15) is 0 Å². The summed E-state index contributed by atoms with van der Waals surface area (Å²) in [7, 11) is 0. The van der Waals surface area contributed by atoms with Crippen molar-refractivity contribution < 1.29 is 0 Å². The molecule has 0 atom stereocenters. The van der Waals surface area contributed by atoms with Crippen LogP contribution in [0, 0.1) is 0 Å². The highest BCUT2D eigenvalue weighted by Crippen LogP contribution is 2.40. The van der Waals surface area contributed by atoms with Crippen LogP contribution in [0.15, 0.2) is 91.1 Å². The minimum atomic E-state index is 0.527. The topological polar surface area (TPSA) is 64.1 Å². The van der Waals surface area contributed by atoms with E-state index in [-0.39, 0.29) is 0 Å². The Balaban J connectivity index is 1.43. The van der Waals surface area contributed by atoms with Crippen LogP contribution >= 0.6 is 11.3 Å². The maximum absolute atomic E-state index is 6.34. The summed E-state index contributed by atoms with van der Waals surface area (Å²) < 4.78 is 2.37. The second kappa shape index (κ2) is 10.2. The zero-order valence-electron chi connectivity index (χ0n) is 19.6. The molecular weight excluding hydrogens is 446 g/mol. The van der Waals surface area contributed by atoms with Gasteiger partial charge in [-0.1, -0.05) is 85.5 Å². The van der Waals surface area contributed by atoms with Gasteiger partial charge in [-0.05, 0) is 47.4 Å². The molecule has 0 amide bonds. The Hall–Kier alpha value is -3.86. The Morgan fingerprint density at radius 1 is 1.11 bits per heavy atom. The lowest BCUT2D eigenvalue weighted by atomic mass is 9.95. The fourth-order valence-electron chi connectivity index (χ4n) is 4.45. The molecule has 2 aliphatic rings. The molecule has 2 aromatic carbocycles. The minimum absolute atomic E-state index is 0.527. The molecule has 0 saturated carbocycles. The predicted octanol–water partition coefficient (Wildman–Crippen LogP) is 5.66. The third-order valence-electron chi connectivity index (χ3n) is 6.30. The Labute approximate surface area is 210 Å². The van der Waals surface area contributed by atoms with Crippen LogP contribution in [0.3, 0.4) is 0 Å². The number of fused-ring (bicyclic) bond motifs is 2. The molecule has 35 heavy (non-hydrogen) atoms. The van der Waals surface area contributed by atoms with Crippen LogP contribution in [-0.4, -0.2) is 6.54 Å². The number of thiophene rings is 1. The van der Waals surface area contributed by atoms with Crippen molar-refractivity contribution in [3.8, 4) is 0 Å². The normalized spacial score (nSPS) is 17.3. The molecule has 0 radical (unpaired) electrons. The Morgan fingerprint density at radius 3 is 2.86 bits per heavy atom. The second-order valence-electron chi connectivity index (χ2n) is 8.58. The maximum Gasteiger partial charge on any atom is 0.0573 e. The van der Waals surface area contributed by atoms with Crippen molar-refractivity contribution in [3.63, 3.8) is 0 Å². The number of allylic oxidation sites excluding steroid dienone is 9. The van der Waals surface area contributed by atoms with Crippen LogP contribution in [0.4, 0.5) is 5.69 Å². The molecule has 0 fully saturated rings. The highest BCUT2D eigenvalue weighted by Gasteiger charge is 2.22. The van der Waals surface area contributed by atoms with Crippen molar-refractivity contribution >= 4 is 56.7 Å². The van der Waals surface area contributed by atoms with Gasteiger partial charge in [-0.3, -0.25) is 0 Å². The molecule has 4 heteroatoms. The van der Waals surface area contributed by atoms with E-state index >= 15 is 0 Å². The number of nitrogens with two attached hydrogens (primary N) is 2. The monoisotopic (exact) mass is 475 g/mol. The van der Waals surface area contributed by atoms with Crippen molar-refractivity contribution in [1.82, 2.24) is 0 Å². The van der Waals surface area contributed by atoms with E-state index in [0.29, 0.717) is 6.54 Å². The van der Waals surface area contributed by atoms with Gasteiger partial charge in [0.25, 0.3) is 0 Å². The molecule has 174 valence electrons. The summed E-state index contributed by atoms with van der Waals surface area (Å²) in [6.07, 6.45) is 22.7. The van der Waals surface area contributed by atoms with E-state index in [2.05, 4.69) is 66.5 Å². The average molecular weight is 476 g/mol. The Morgan fingerprint density at radius 2 is 2.03 bits per heavy atom. The zero-order valence-corrected chi connectivity index (χ0v) is 20.4. The Kier molecular flexibility index (Phi) is 6.66. The summed E-state index contributed by atoms with van der Waals surface area (Å²) in [5.41, 5.74) is 19.6. The molecule has 0 unspecified atom stereocenters. The van der Waals surface area contributed by atoms with E-state index in [1.165, 1.54) is 32.0 Å². The van der Waals surface area contributed by atoms with Crippen molar-refractivity contribution in [2.75, 3.05) is 11.9 Å². The molecule has 3 aromatic rings. The van der Waals surface area contributed by atoms with Crippen LogP contribution in [0.1, 0.15) is 29.5 Å². The van der Waals surface area contributed by atoms with Crippen LogP contribution in [-0.2, 0) is 0 Å². The van der Waals surface area contributed by atoms with Gasteiger partial charge < -0.3 is 16.8 Å². The quantitative estimate of drug-likeness (QED) is 0.403. The van der Waals surface area contributed by atoms with Crippen molar-refractivity contribution in [2.45, 2.75) is 12.8 Å². The third kappa shape index (κ3) is 4.72. The summed E-state index contributed by atoms with van der Waals surface area (Å²) in [5.74, 6) is 0. The third-order valence-corrected chi connectivity index (χ3v) is 7.33. The molecule has 5 N–H and O–H groups in total. The first-order chi connectivity index (χ1) is 17.2. The summed E-state index contributed by atoms with van der Waals surface area (Å²) in [6, 6.07) is 13.0. The molecule has 2 heterocycles. The molecule has 3 nitrogen and oxygen atoms in total. The van der Waals surface area contributed by atoms with E-state index in [1.807, 2.05) is 42.5 Å². The fraction of sp³-hybridized carbons (Fsp3) is 0.0968. The van der Waals surface area contributed by atoms with Crippen LogP contribution in [0.2, 0.25) is 0 Å². The van der Waals surface area contributed by atoms with Gasteiger partial charge in [0.15, 0.2) is 0 Å². The van der Waals surface area contributed by atoms with E-state index in [1.54, 1.807) is 11.3 Å². The molecule has 1 aliphatic heterocycles. The van der Waals surface area contributed by atoms with Crippen LogP contribution in [0.5, 0.6) is 0 Å². The number of benzene rings is 2. The number of nitrogens with one attached hydrogen (secondary N) is 1. The van der Waals surface area contributed by atoms with Gasteiger partial charge in [0.05, 0.1) is 5.69 Å². The Bertz CT molecular complexity index is 1580. The maximum atomic E-state index is 6.34. The summed E-state index contributed by atoms with van der Waals surface area (Å²) in [5, 5.41) is 5.93. The summed E-state index contributed by atoms with van der Waals surface area (Å²) in [4.78, 5) is 0. The van der Waals surface area contributed by atoms with Gasteiger partial charge in [0.2, 0.25) is 0 Å². The van der Waals surface area contributed by atoms with Gasteiger partial charge in [0.1, 0.15) is 0 Å². The molecule has 0 saturated heterocycles. The lowest BCUT2D eigenvalue weighted by molar-refractivity contribution is 1.05. The van der Waals surface area contributed by atoms with Crippen molar-refractivity contribution in [2.24, 2.45) is 11.5 Å². The number of hydrogen-bond donors (Lipinski definition) is 3. The number of para-hydroxylation sites is 1. The second-order valence-corrected chi connectivity index (χ2v) is 9.72. The van der Waals surface area contributed by atoms with E-state index < -0.39 is 0 Å². The number of hydrogen-bond acceptors (Lipinski definition) is 4. The van der Waals surface area contributed by atoms with Crippen LogP contribution < -0.4 is 26.5 Å². The first kappa shape index (κ1) is 22.9. The molecule has 0 spiro atoms. The fourth-order valence-corrected chi connectivity index (χ4v) is 5.48. The van der Waals surface area contributed by atoms with E-state index in [9.17, 15) is 0 Å². The smallest absolute Gasteiger partial charge is 0.0573 e. The molecule has 5 rings (SSSR count). The molecular formula is C31H29N3S. The van der Waals surface area contributed by atoms with Crippen molar-refractivity contribution in [1.29, 1.82) is 0 Å². The first-order valence-electron chi connectivity index (χ1n) is 11.8. The number of rotatable bonds is 6. The molecule has 0 bridgehead atoms. The zero-order chi connectivity index (χ0) is 24.2. The summed E-state index contributed by atoms with van der Waals surface area (Å²) >= 11 is 1.76. The largest absolute Gasteiger partial charge is 0.398 e. The predicted molar refractivity (Wildman–Crippen MR) is 155 cm³/mol. The molecule has 1 aromatic heterocycles. The SMILES string of the molecule is C=c1sc2cc(C3=CC=CCC3)ccc2/c1=C/C=C1\Nc2c(/C(N)=C/C=C\C=C/CN)cccc21. The first-order valence-corrected chi connectivity index (χ1v) is 12.7. The number of anilines is 1. The average Bonchev–Trinajstić information content (AvgIpc) is 3.18. The lowest BCUT2D eigenvalue weighted by Crippen LogP contribution is -2.18.